The van der Waals surface area contributed by atoms with E-state index in [9.17, 15) is 14.7 Å². The van der Waals surface area contributed by atoms with Crippen LogP contribution in [0.1, 0.15) is 34.2 Å². The average Bonchev–Trinajstić information content (AvgIpc) is 2.83. The number of methoxy groups -OCH3 is 1. The number of hydrogen-bond acceptors (Lipinski definition) is 3. The van der Waals surface area contributed by atoms with Crippen LogP contribution >= 0.6 is 0 Å². The molecule has 6 heteroatoms. The Kier molecular flexibility index (Phi) is 5.33. The van der Waals surface area contributed by atoms with Gasteiger partial charge < -0.3 is 19.7 Å². The second-order valence-electron chi connectivity index (χ2n) is 6.43. The number of hydrogen-bond donors (Lipinski definition) is 2. The fourth-order valence-corrected chi connectivity index (χ4v) is 2.94. The lowest BCUT2D eigenvalue weighted by molar-refractivity contribution is -0.145. The molecular weight excluding hydrogens is 320 g/mol. The lowest BCUT2D eigenvalue weighted by atomic mass is 10.0. The molecule has 0 fully saturated rings. The molecule has 2 N–H and O–H groups in total. The topological polar surface area (TPSA) is 80.6 Å². The lowest BCUT2D eigenvalue weighted by Gasteiger charge is -2.25. The highest BCUT2D eigenvalue weighted by Gasteiger charge is 2.36. The van der Waals surface area contributed by atoms with Crippen molar-refractivity contribution in [1.29, 1.82) is 0 Å². The average molecular weight is 344 g/mol. The molecular formula is C19H24N2O4. The van der Waals surface area contributed by atoms with Crippen LogP contribution in [0, 0.1) is 20.8 Å². The Hall–Kier alpha value is -2.60. The third-order valence-electron chi connectivity index (χ3n) is 4.33. The predicted octanol–water partition coefficient (Wildman–Crippen LogP) is 2.62. The van der Waals surface area contributed by atoms with Crippen molar-refractivity contribution in [3.05, 3.63) is 52.8 Å². The van der Waals surface area contributed by atoms with E-state index in [4.69, 9.17) is 4.74 Å². The first kappa shape index (κ1) is 18.7. The van der Waals surface area contributed by atoms with E-state index in [1.54, 1.807) is 6.07 Å². The van der Waals surface area contributed by atoms with Crippen molar-refractivity contribution in [2.45, 2.75) is 33.2 Å². The molecule has 0 saturated carbocycles. The van der Waals surface area contributed by atoms with Crippen molar-refractivity contribution >= 4 is 11.9 Å². The van der Waals surface area contributed by atoms with Crippen LogP contribution in [-0.2, 0) is 9.53 Å². The highest BCUT2D eigenvalue weighted by molar-refractivity contribution is 5.99. The molecule has 0 aliphatic heterocycles. The summed E-state index contributed by atoms with van der Waals surface area (Å²) in [4.78, 5) is 24.2. The molecule has 25 heavy (non-hydrogen) atoms. The molecule has 1 heterocycles. The zero-order chi connectivity index (χ0) is 18.8. The Morgan fingerprint density at radius 1 is 1.24 bits per heavy atom. The highest BCUT2D eigenvalue weighted by atomic mass is 16.5. The van der Waals surface area contributed by atoms with Gasteiger partial charge >= 0.3 is 5.97 Å². The number of carbonyl (C=O) groups excluding carboxylic acids is 1. The molecule has 2 aromatic rings. The molecule has 0 spiro atoms. The number of benzene rings is 1. The smallest absolute Gasteiger partial charge is 0.331 e. The van der Waals surface area contributed by atoms with Crippen LogP contribution in [0.4, 0.5) is 0 Å². The van der Waals surface area contributed by atoms with E-state index in [1.807, 2.05) is 49.6 Å². The molecule has 1 unspecified atom stereocenters. The summed E-state index contributed by atoms with van der Waals surface area (Å²) in [5.41, 5.74) is 2.71. The third kappa shape index (κ3) is 3.58. The highest BCUT2D eigenvalue weighted by Crippen LogP contribution is 2.23. The Bertz CT molecular complexity index is 810. The lowest BCUT2D eigenvalue weighted by Crippen LogP contribution is -2.55. The molecule has 0 bridgehead atoms. The number of rotatable bonds is 6. The van der Waals surface area contributed by atoms with Crippen LogP contribution in [0.2, 0.25) is 0 Å². The van der Waals surface area contributed by atoms with Crippen LogP contribution in [0.15, 0.2) is 30.3 Å². The SMILES string of the molecule is COCC(C)(NC(=O)c1cc(C)n(-c2ccccc2C)c1C)C(=O)O. The van der Waals surface area contributed by atoms with Gasteiger partial charge in [-0.05, 0) is 45.4 Å². The molecule has 0 radical (unpaired) electrons. The standard InChI is InChI=1S/C19H24N2O4/c1-12-8-6-7-9-16(12)21-13(2)10-15(14(21)3)17(22)20-19(4,11-25-5)18(23)24/h6-10H,11H2,1-5H3,(H,20,22)(H,23,24). The summed E-state index contributed by atoms with van der Waals surface area (Å²) >= 11 is 0. The van der Waals surface area contributed by atoms with Crippen molar-refractivity contribution in [3.63, 3.8) is 0 Å². The maximum Gasteiger partial charge on any atom is 0.331 e. The van der Waals surface area contributed by atoms with Gasteiger partial charge in [0.15, 0.2) is 5.54 Å². The van der Waals surface area contributed by atoms with Crippen molar-refractivity contribution in [1.82, 2.24) is 9.88 Å². The van der Waals surface area contributed by atoms with Gasteiger partial charge in [0.25, 0.3) is 5.91 Å². The number of aliphatic carboxylic acids is 1. The fraction of sp³-hybridized carbons (Fsp3) is 0.368. The number of carbonyl (C=O) groups is 2. The van der Waals surface area contributed by atoms with E-state index >= 15 is 0 Å². The quantitative estimate of drug-likeness (QED) is 0.844. The summed E-state index contributed by atoms with van der Waals surface area (Å²) in [7, 11) is 1.40. The summed E-state index contributed by atoms with van der Waals surface area (Å²) in [6.45, 7) is 7.08. The second-order valence-corrected chi connectivity index (χ2v) is 6.43. The predicted molar refractivity (Wildman–Crippen MR) is 95.4 cm³/mol. The maximum absolute atomic E-state index is 12.7. The van der Waals surface area contributed by atoms with E-state index in [0.29, 0.717) is 5.56 Å². The maximum atomic E-state index is 12.7. The number of carboxylic acids is 1. The summed E-state index contributed by atoms with van der Waals surface area (Å²) in [5, 5.41) is 12.0. The Balaban J connectivity index is 2.42. The molecule has 1 aromatic carbocycles. The van der Waals surface area contributed by atoms with E-state index < -0.39 is 17.4 Å². The van der Waals surface area contributed by atoms with Gasteiger partial charge in [0.2, 0.25) is 0 Å². The van der Waals surface area contributed by atoms with Crippen molar-refractivity contribution in [2.75, 3.05) is 13.7 Å². The molecule has 1 amide bonds. The number of amides is 1. The molecule has 0 saturated heterocycles. The van der Waals surface area contributed by atoms with Crippen LogP contribution in [-0.4, -0.2) is 40.8 Å². The third-order valence-corrected chi connectivity index (χ3v) is 4.33. The first-order chi connectivity index (χ1) is 11.7. The zero-order valence-electron chi connectivity index (χ0n) is 15.2. The number of para-hydroxylation sites is 1. The van der Waals surface area contributed by atoms with E-state index in [2.05, 4.69) is 5.32 Å². The summed E-state index contributed by atoms with van der Waals surface area (Å²) in [5.74, 6) is -1.58. The van der Waals surface area contributed by atoms with Gasteiger partial charge in [0.1, 0.15) is 0 Å². The van der Waals surface area contributed by atoms with E-state index in [-0.39, 0.29) is 6.61 Å². The molecule has 0 aliphatic carbocycles. The van der Waals surface area contributed by atoms with Crippen LogP contribution in [0.5, 0.6) is 0 Å². The molecule has 6 nitrogen and oxygen atoms in total. The van der Waals surface area contributed by atoms with Gasteiger partial charge in [0, 0.05) is 24.2 Å². The molecule has 1 atom stereocenters. The van der Waals surface area contributed by atoms with E-state index in [1.165, 1.54) is 14.0 Å². The van der Waals surface area contributed by atoms with Gasteiger partial charge in [-0.1, -0.05) is 18.2 Å². The fourth-order valence-electron chi connectivity index (χ4n) is 2.94. The van der Waals surface area contributed by atoms with E-state index in [0.717, 1.165) is 22.6 Å². The minimum Gasteiger partial charge on any atom is -0.479 e. The zero-order valence-corrected chi connectivity index (χ0v) is 15.2. The monoisotopic (exact) mass is 344 g/mol. The minimum atomic E-state index is -1.49. The Labute approximate surface area is 147 Å². The largest absolute Gasteiger partial charge is 0.479 e. The van der Waals surface area contributed by atoms with Crippen LogP contribution in [0.25, 0.3) is 5.69 Å². The summed E-state index contributed by atoms with van der Waals surface area (Å²) in [6.07, 6.45) is 0. The van der Waals surface area contributed by atoms with Crippen LogP contribution < -0.4 is 5.32 Å². The van der Waals surface area contributed by atoms with Gasteiger partial charge in [0.05, 0.1) is 12.2 Å². The van der Waals surface area contributed by atoms with Gasteiger partial charge in [-0.15, -0.1) is 0 Å². The van der Waals surface area contributed by atoms with Gasteiger partial charge in [-0.3, -0.25) is 4.79 Å². The van der Waals surface area contributed by atoms with Gasteiger partial charge in [-0.2, -0.15) is 0 Å². The Morgan fingerprint density at radius 3 is 2.44 bits per heavy atom. The molecule has 1 aromatic heterocycles. The number of carboxylic acid groups (broad SMARTS) is 1. The van der Waals surface area contributed by atoms with Crippen molar-refractivity contribution < 1.29 is 19.4 Å². The normalized spacial score (nSPS) is 13.3. The number of nitrogens with zero attached hydrogens (tertiary/aromatic N) is 1. The Morgan fingerprint density at radius 2 is 1.88 bits per heavy atom. The van der Waals surface area contributed by atoms with Gasteiger partial charge in [-0.25, -0.2) is 4.79 Å². The number of nitrogens with one attached hydrogen (secondary N) is 1. The number of aryl methyl sites for hydroxylation is 2. The summed E-state index contributed by atoms with van der Waals surface area (Å²) in [6, 6.07) is 9.67. The molecule has 0 aliphatic rings. The summed E-state index contributed by atoms with van der Waals surface area (Å²) < 4.78 is 6.95. The number of ether oxygens (including phenoxy) is 1. The van der Waals surface area contributed by atoms with Crippen LogP contribution in [0.3, 0.4) is 0 Å². The first-order valence-corrected chi connectivity index (χ1v) is 8.01. The number of aromatic nitrogens is 1. The second kappa shape index (κ2) is 7.11. The van der Waals surface area contributed by atoms with Crippen molar-refractivity contribution in [3.8, 4) is 5.69 Å². The first-order valence-electron chi connectivity index (χ1n) is 8.01. The molecule has 134 valence electrons. The minimum absolute atomic E-state index is 0.120. The molecule has 2 rings (SSSR count). The van der Waals surface area contributed by atoms with Crippen molar-refractivity contribution in [2.24, 2.45) is 0 Å².